The Kier molecular flexibility index (Phi) is 7.21. The number of nitrogens with zero attached hydrogens (tertiary/aromatic N) is 3. The molecule has 0 saturated heterocycles. The number of sulfonamides is 1. The van der Waals surface area contributed by atoms with Crippen molar-refractivity contribution in [1.82, 2.24) is 19.9 Å². The highest BCUT2D eigenvalue weighted by molar-refractivity contribution is 7.92. The van der Waals surface area contributed by atoms with Crippen molar-refractivity contribution < 1.29 is 22.3 Å². The van der Waals surface area contributed by atoms with E-state index in [2.05, 4.69) is 20.0 Å². The van der Waals surface area contributed by atoms with Crippen LogP contribution in [0.15, 0.2) is 70.7 Å². The smallest absolute Gasteiger partial charge is 0.264 e. The highest BCUT2D eigenvalue weighted by Gasteiger charge is 2.21. The Morgan fingerprint density at radius 3 is 2.59 bits per heavy atom. The van der Waals surface area contributed by atoms with Crippen LogP contribution in [0, 0.1) is 11.7 Å². The van der Waals surface area contributed by atoms with Gasteiger partial charge in [0.15, 0.2) is 0 Å². The summed E-state index contributed by atoms with van der Waals surface area (Å²) in [5.74, 6) is -1.56. The lowest BCUT2D eigenvalue weighted by atomic mass is 10.0. The summed E-state index contributed by atoms with van der Waals surface area (Å²) >= 11 is 0. The molecule has 2 aromatic heterocycles. The third kappa shape index (κ3) is 5.28. The summed E-state index contributed by atoms with van der Waals surface area (Å²) in [6.45, 7) is 1.86. The van der Waals surface area contributed by atoms with E-state index in [9.17, 15) is 22.4 Å². The number of fused-ring (bicyclic) bond motifs is 1. The van der Waals surface area contributed by atoms with Gasteiger partial charge in [0.25, 0.3) is 15.6 Å². The Hall–Kier alpha value is -4.32. The second-order valence-electron chi connectivity index (χ2n) is 8.27. The molecule has 0 unspecified atom stereocenters. The highest BCUT2D eigenvalue weighted by atomic mass is 32.2. The van der Waals surface area contributed by atoms with E-state index in [1.54, 1.807) is 25.1 Å². The van der Waals surface area contributed by atoms with Crippen LogP contribution in [0.2, 0.25) is 0 Å². The van der Waals surface area contributed by atoms with Crippen LogP contribution in [0.4, 0.5) is 10.1 Å². The molecule has 2 heterocycles. The van der Waals surface area contributed by atoms with E-state index in [4.69, 9.17) is 4.74 Å². The van der Waals surface area contributed by atoms with Gasteiger partial charge in [0.2, 0.25) is 11.8 Å². The van der Waals surface area contributed by atoms with Gasteiger partial charge in [-0.2, -0.15) is 0 Å². The maximum absolute atomic E-state index is 14.2. The highest BCUT2D eigenvalue weighted by Crippen LogP contribution is 2.31. The third-order valence-electron chi connectivity index (χ3n) is 5.74. The molecule has 1 atom stereocenters. The van der Waals surface area contributed by atoms with Gasteiger partial charge >= 0.3 is 0 Å². The predicted molar refractivity (Wildman–Crippen MR) is 136 cm³/mol. The van der Waals surface area contributed by atoms with Gasteiger partial charge in [-0.15, -0.1) is 0 Å². The minimum absolute atomic E-state index is 0.00801. The molecular formula is C25H24FN5O5S. The molecule has 12 heteroatoms. The van der Waals surface area contributed by atoms with E-state index in [0.29, 0.717) is 22.0 Å². The Morgan fingerprint density at radius 2 is 1.89 bits per heavy atom. The fourth-order valence-electron chi connectivity index (χ4n) is 3.80. The van der Waals surface area contributed by atoms with E-state index >= 15 is 0 Å². The molecule has 0 fully saturated rings. The van der Waals surface area contributed by atoms with Crippen molar-refractivity contribution in [3.05, 3.63) is 77.2 Å². The molecule has 10 nitrogen and oxygen atoms in total. The first-order valence-corrected chi connectivity index (χ1v) is 12.7. The molecule has 0 aliphatic heterocycles. The Balaban J connectivity index is 1.74. The normalized spacial score (nSPS) is 12.2. The molecule has 0 radical (unpaired) electrons. The van der Waals surface area contributed by atoms with E-state index in [1.165, 1.54) is 49.4 Å². The number of anilines is 1. The van der Waals surface area contributed by atoms with Crippen LogP contribution < -0.4 is 20.3 Å². The van der Waals surface area contributed by atoms with Crippen LogP contribution in [-0.2, 0) is 21.4 Å². The SMILES string of the molecule is CNC(=O)[C@@H](C)Cn1cnc2ccc(-c3cnc(OC)c(NS(=O)(=O)c4ccccc4F)c3)cc2c1=O. The number of carbonyl (C=O) groups is 1. The summed E-state index contributed by atoms with van der Waals surface area (Å²) in [5, 5.41) is 2.87. The summed E-state index contributed by atoms with van der Waals surface area (Å²) in [7, 11) is -1.43. The quantitative estimate of drug-likeness (QED) is 0.362. The lowest BCUT2D eigenvalue weighted by Gasteiger charge is -2.14. The van der Waals surface area contributed by atoms with Gasteiger partial charge in [-0.3, -0.25) is 18.9 Å². The van der Waals surface area contributed by atoms with Gasteiger partial charge in [0.05, 0.1) is 30.3 Å². The van der Waals surface area contributed by atoms with Crippen LogP contribution in [0.25, 0.3) is 22.0 Å². The molecule has 192 valence electrons. The van der Waals surface area contributed by atoms with E-state index in [-0.39, 0.29) is 29.6 Å². The fraction of sp³-hybridized carbons (Fsp3) is 0.200. The molecule has 0 aliphatic rings. The number of carbonyl (C=O) groups excluding carboxylic acids is 1. The monoisotopic (exact) mass is 525 g/mol. The van der Waals surface area contributed by atoms with Gasteiger partial charge in [-0.25, -0.2) is 22.8 Å². The summed E-state index contributed by atoms with van der Waals surface area (Å²) in [4.78, 5) is 33.0. The van der Waals surface area contributed by atoms with Gasteiger partial charge in [0, 0.05) is 25.4 Å². The van der Waals surface area contributed by atoms with Crippen LogP contribution in [0.3, 0.4) is 0 Å². The summed E-state index contributed by atoms with van der Waals surface area (Å²) < 4.78 is 48.7. The molecule has 37 heavy (non-hydrogen) atoms. The van der Waals surface area contributed by atoms with Crippen molar-refractivity contribution >= 4 is 32.5 Å². The van der Waals surface area contributed by atoms with Crippen molar-refractivity contribution in [2.45, 2.75) is 18.4 Å². The average Bonchev–Trinajstić information content (AvgIpc) is 2.89. The summed E-state index contributed by atoms with van der Waals surface area (Å²) in [5.41, 5.74) is 1.16. The third-order valence-corrected chi connectivity index (χ3v) is 7.14. The first-order chi connectivity index (χ1) is 17.6. The number of pyridine rings is 1. The largest absolute Gasteiger partial charge is 0.480 e. The summed E-state index contributed by atoms with van der Waals surface area (Å²) in [6.07, 6.45) is 2.86. The molecule has 4 rings (SSSR count). The molecular weight excluding hydrogens is 501 g/mol. The molecule has 4 aromatic rings. The van der Waals surface area contributed by atoms with Crippen LogP contribution in [-0.4, -0.2) is 43.0 Å². The van der Waals surface area contributed by atoms with Crippen molar-refractivity contribution in [1.29, 1.82) is 0 Å². The topological polar surface area (TPSA) is 132 Å². The molecule has 0 bridgehead atoms. The van der Waals surface area contributed by atoms with E-state index in [0.717, 1.165) is 12.1 Å². The summed E-state index contributed by atoms with van der Waals surface area (Å²) in [6, 6.07) is 11.5. The number of aromatic nitrogens is 3. The number of halogens is 1. The molecule has 2 N–H and O–H groups in total. The number of hydrogen-bond acceptors (Lipinski definition) is 7. The Bertz CT molecular complexity index is 1660. The Labute approximate surface area is 212 Å². The van der Waals surface area contributed by atoms with Gasteiger partial charge in [-0.1, -0.05) is 25.1 Å². The zero-order valence-corrected chi connectivity index (χ0v) is 21.0. The zero-order valence-electron chi connectivity index (χ0n) is 20.2. The molecule has 0 saturated carbocycles. The number of nitrogens with one attached hydrogen (secondary N) is 2. The lowest BCUT2D eigenvalue weighted by molar-refractivity contribution is -0.124. The van der Waals surface area contributed by atoms with Gasteiger partial charge in [0.1, 0.15) is 16.4 Å². The van der Waals surface area contributed by atoms with E-state index in [1.807, 2.05) is 0 Å². The molecule has 0 aliphatic carbocycles. The Morgan fingerprint density at radius 1 is 1.14 bits per heavy atom. The number of amides is 1. The second-order valence-corrected chi connectivity index (χ2v) is 9.92. The minimum Gasteiger partial charge on any atom is -0.480 e. The van der Waals surface area contributed by atoms with Crippen molar-refractivity contribution in [2.24, 2.45) is 5.92 Å². The first kappa shape index (κ1) is 25.8. The van der Waals surface area contributed by atoms with Crippen LogP contribution >= 0.6 is 0 Å². The van der Waals surface area contributed by atoms with Crippen molar-refractivity contribution in [3.8, 4) is 17.0 Å². The molecule has 2 aromatic carbocycles. The number of methoxy groups -OCH3 is 1. The fourth-order valence-corrected chi connectivity index (χ4v) is 4.93. The second kappa shape index (κ2) is 10.3. The number of hydrogen-bond donors (Lipinski definition) is 2. The molecule has 1 amide bonds. The number of rotatable bonds is 8. The average molecular weight is 526 g/mol. The maximum atomic E-state index is 14.2. The molecule has 0 spiro atoms. The lowest BCUT2D eigenvalue weighted by Crippen LogP contribution is -2.32. The number of ether oxygens (including phenoxy) is 1. The first-order valence-electron chi connectivity index (χ1n) is 11.2. The van der Waals surface area contributed by atoms with Gasteiger partial charge in [-0.05, 0) is 35.9 Å². The van der Waals surface area contributed by atoms with Crippen molar-refractivity contribution in [3.63, 3.8) is 0 Å². The van der Waals surface area contributed by atoms with Crippen molar-refractivity contribution in [2.75, 3.05) is 18.9 Å². The zero-order chi connectivity index (χ0) is 26.7. The predicted octanol–water partition coefficient (Wildman–Crippen LogP) is 2.79. The maximum Gasteiger partial charge on any atom is 0.264 e. The number of benzene rings is 2. The van der Waals surface area contributed by atoms with Crippen LogP contribution in [0.1, 0.15) is 6.92 Å². The van der Waals surface area contributed by atoms with Crippen LogP contribution in [0.5, 0.6) is 5.88 Å². The van der Waals surface area contributed by atoms with Gasteiger partial charge < -0.3 is 10.1 Å². The minimum atomic E-state index is -4.28. The van der Waals surface area contributed by atoms with E-state index < -0.39 is 26.7 Å². The standard InChI is InChI=1S/C25H24FN5O5S/c1-15(23(32)27-2)13-31-14-29-20-9-8-16(10-18(20)25(31)33)17-11-21(24(36-3)28-12-17)30-37(34,35)22-7-5-4-6-19(22)26/h4-12,14-15,30H,13H2,1-3H3,(H,27,32)/t15-/m0/s1.